The summed E-state index contributed by atoms with van der Waals surface area (Å²) in [6.07, 6.45) is 10.5. The summed E-state index contributed by atoms with van der Waals surface area (Å²) in [7, 11) is 0. The molecule has 4 unspecified atom stereocenters. The monoisotopic (exact) mass is 407 g/mol. The number of nitrogens with zero attached hydrogens (tertiary/aromatic N) is 2. The van der Waals surface area contributed by atoms with Crippen LogP contribution in [-0.4, -0.2) is 15.9 Å². The van der Waals surface area contributed by atoms with Crippen molar-refractivity contribution in [3.05, 3.63) is 47.9 Å². The van der Waals surface area contributed by atoms with Crippen molar-refractivity contribution >= 4 is 5.91 Å². The zero-order valence-corrected chi connectivity index (χ0v) is 18.8. The molecule has 162 valence electrons. The molecule has 0 radical (unpaired) electrons. The van der Waals surface area contributed by atoms with Crippen LogP contribution < -0.4 is 5.73 Å². The van der Waals surface area contributed by atoms with Crippen LogP contribution in [0.3, 0.4) is 0 Å². The Morgan fingerprint density at radius 3 is 2.77 bits per heavy atom. The van der Waals surface area contributed by atoms with E-state index in [1.165, 1.54) is 24.0 Å². The van der Waals surface area contributed by atoms with E-state index in [1.54, 1.807) is 0 Å². The van der Waals surface area contributed by atoms with Gasteiger partial charge in [-0.05, 0) is 68.1 Å². The second-order valence-corrected chi connectivity index (χ2v) is 9.21. The molecule has 1 aliphatic rings. The number of nitrogens with two attached hydrogens (primary N) is 1. The van der Waals surface area contributed by atoms with Gasteiger partial charge in [0.25, 0.3) is 0 Å². The lowest BCUT2D eigenvalue weighted by Crippen LogP contribution is -2.22. The average molecular weight is 408 g/mol. The summed E-state index contributed by atoms with van der Waals surface area (Å²) in [5.74, 6) is 2.35. The van der Waals surface area contributed by atoms with Gasteiger partial charge >= 0.3 is 0 Å². The number of carbonyl (C=O) groups is 1. The third-order valence-electron chi connectivity index (χ3n) is 7.05. The maximum Gasteiger partial charge on any atom is 0.220 e. The minimum atomic E-state index is -0.144. The molecule has 1 aromatic carbocycles. The Bertz CT molecular complexity index is 835. The molecule has 1 saturated carbocycles. The van der Waals surface area contributed by atoms with E-state index in [9.17, 15) is 4.79 Å². The van der Waals surface area contributed by atoms with E-state index in [4.69, 9.17) is 10.7 Å². The van der Waals surface area contributed by atoms with Crippen molar-refractivity contribution in [2.45, 2.75) is 78.1 Å². The maximum absolute atomic E-state index is 11.6. The van der Waals surface area contributed by atoms with Crippen LogP contribution in [0.15, 0.2) is 36.5 Å². The van der Waals surface area contributed by atoms with E-state index in [2.05, 4.69) is 50.0 Å². The van der Waals surface area contributed by atoms with Crippen molar-refractivity contribution in [1.29, 1.82) is 0 Å². The van der Waals surface area contributed by atoms with Gasteiger partial charge in [-0.3, -0.25) is 4.79 Å². The number of benzene rings is 1. The smallest absolute Gasteiger partial charge is 0.220 e. The first-order valence-corrected chi connectivity index (χ1v) is 11.7. The minimum Gasteiger partial charge on any atom is -0.369 e. The van der Waals surface area contributed by atoms with Crippen molar-refractivity contribution in [3.63, 3.8) is 0 Å². The van der Waals surface area contributed by atoms with Crippen LogP contribution in [0.2, 0.25) is 0 Å². The molecule has 0 aliphatic heterocycles. The summed E-state index contributed by atoms with van der Waals surface area (Å²) < 4.78 is 0. The third-order valence-corrected chi connectivity index (χ3v) is 7.05. The fraction of sp³-hybridized carbons (Fsp3) is 0.577. The molecule has 1 amide bonds. The molecule has 1 aromatic heterocycles. The first-order valence-electron chi connectivity index (χ1n) is 11.7. The Balaban J connectivity index is 1.72. The second-order valence-electron chi connectivity index (χ2n) is 9.21. The van der Waals surface area contributed by atoms with Crippen LogP contribution >= 0.6 is 0 Å². The van der Waals surface area contributed by atoms with Gasteiger partial charge < -0.3 is 5.73 Å². The fourth-order valence-corrected chi connectivity index (χ4v) is 4.58. The van der Waals surface area contributed by atoms with Crippen LogP contribution in [0, 0.1) is 17.8 Å². The maximum atomic E-state index is 11.6. The normalized spacial score (nSPS) is 21.6. The van der Waals surface area contributed by atoms with Crippen LogP contribution in [0.25, 0.3) is 11.3 Å². The van der Waals surface area contributed by atoms with Gasteiger partial charge in [0.15, 0.2) is 0 Å². The molecule has 2 N–H and O–H groups in total. The molecule has 2 aromatic rings. The lowest BCUT2D eigenvalue weighted by molar-refractivity contribution is -0.122. The highest BCUT2D eigenvalue weighted by molar-refractivity contribution is 5.76. The predicted octanol–water partition coefficient (Wildman–Crippen LogP) is 5.91. The summed E-state index contributed by atoms with van der Waals surface area (Å²) >= 11 is 0. The second kappa shape index (κ2) is 10.7. The number of amides is 1. The summed E-state index contributed by atoms with van der Waals surface area (Å²) in [5, 5.41) is 0. The number of hydrogen-bond donors (Lipinski definition) is 1. The molecule has 0 saturated heterocycles. The number of primary amides is 1. The van der Waals surface area contributed by atoms with E-state index < -0.39 is 0 Å². The Hall–Kier alpha value is -2.23. The number of carbonyl (C=O) groups excluding carboxylic acids is 1. The summed E-state index contributed by atoms with van der Waals surface area (Å²) in [5.41, 5.74) is 9.09. The minimum absolute atomic E-state index is 0.0348. The van der Waals surface area contributed by atoms with Gasteiger partial charge in [-0.2, -0.15) is 0 Å². The first kappa shape index (κ1) is 22.5. The van der Waals surface area contributed by atoms with Crippen molar-refractivity contribution < 1.29 is 4.79 Å². The molecule has 0 spiro atoms. The van der Waals surface area contributed by atoms with Gasteiger partial charge in [-0.25, -0.2) is 9.97 Å². The largest absolute Gasteiger partial charge is 0.369 e. The van der Waals surface area contributed by atoms with Gasteiger partial charge in [0, 0.05) is 23.6 Å². The van der Waals surface area contributed by atoms with Crippen LogP contribution in [-0.2, 0) is 11.2 Å². The van der Waals surface area contributed by atoms with Crippen molar-refractivity contribution in [3.8, 4) is 11.3 Å². The van der Waals surface area contributed by atoms with Crippen LogP contribution in [0.1, 0.15) is 83.0 Å². The molecule has 1 fully saturated rings. The van der Waals surface area contributed by atoms with Gasteiger partial charge in [-0.1, -0.05) is 51.8 Å². The SMILES string of the molecule is CCC(C)CCc1cccc(-c2ccnc(C(C)C3CCCC(C(N)=O)CC3)n2)c1. The zero-order chi connectivity index (χ0) is 21.5. The van der Waals surface area contributed by atoms with Gasteiger partial charge in [0.05, 0.1) is 5.69 Å². The molecule has 1 aliphatic carbocycles. The third kappa shape index (κ3) is 5.90. The summed E-state index contributed by atoms with van der Waals surface area (Å²) in [6, 6.07) is 10.8. The number of aryl methyl sites for hydroxylation is 1. The average Bonchev–Trinajstić information content (AvgIpc) is 3.04. The first-order chi connectivity index (χ1) is 14.5. The molecule has 3 rings (SSSR count). The highest BCUT2D eigenvalue weighted by atomic mass is 16.1. The Kier molecular flexibility index (Phi) is 8.01. The Morgan fingerprint density at radius 1 is 1.17 bits per heavy atom. The quantitative estimate of drug-likeness (QED) is 0.553. The number of hydrogen-bond acceptors (Lipinski definition) is 3. The predicted molar refractivity (Wildman–Crippen MR) is 123 cm³/mol. The van der Waals surface area contributed by atoms with Gasteiger partial charge in [0.1, 0.15) is 5.82 Å². The van der Waals surface area contributed by atoms with Gasteiger partial charge in [0.2, 0.25) is 5.91 Å². The number of aromatic nitrogens is 2. The summed E-state index contributed by atoms with van der Waals surface area (Å²) in [6.45, 7) is 6.81. The van der Waals surface area contributed by atoms with Crippen molar-refractivity contribution in [2.24, 2.45) is 23.5 Å². The standard InChI is InChI=1S/C26H37N3O/c1-4-18(2)11-12-20-7-5-10-23(17-20)24-15-16-28-26(29-24)19(3)21-8-6-9-22(14-13-21)25(27)30/h5,7,10,15-19,21-22H,4,6,8-9,11-14H2,1-3H3,(H2,27,30). The zero-order valence-electron chi connectivity index (χ0n) is 18.8. The van der Waals surface area contributed by atoms with Crippen molar-refractivity contribution in [1.82, 2.24) is 9.97 Å². The highest BCUT2D eigenvalue weighted by Crippen LogP contribution is 2.36. The fourth-order valence-electron chi connectivity index (χ4n) is 4.58. The van der Waals surface area contributed by atoms with Crippen LogP contribution in [0.4, 0.5) is 0 Å². The Morgan fingerprint density at radius 2 is 2.00 bits per heavy atom. The molecule has 4 nitrogen and oxygen atoms in total. The molecule has 0 bridgehead atoms. The lowest BCUT2D eigenvalue weighted by atomic mass is 9.86. The molecule has 4 heteroatoms. The van der Waals surface area contributed by atoms with Gasteiger partial charge in [-0.15, -0.1) is 0 Å². The van der Waals surface area contributed by atoms with E-state index in [1.807, 2.05) is 12.3 Å². The molecule has 30 heavy (non-hydrogen) atoms. The van der Waals surface area contributed by atoms with E-state index in [-0.39, 0.29) is 17.7 Å². The van der Waals surface area contributed by atoms with Crippen LogP contribution in [0.5, 0.6) is 0 Å². The Labute approximate surface area is 181 Å². The highest BCUT2D eigenvalue weighted by Gasteiger charge is 2.27. The molecular formula is C26H37N3O. The summed E-state index contributed by atoms with van der Waals surface area (Å²) in [4.78, 5) is 21.1. The molecule has 4 atom stereocenters. The van der Waals surface area contributed by atoms with E-state index in [0.29, 0.717) is 5.92 Å². The lowest BCUT2D eigenvalue weighted by Gasteiger charge is -2.21. The topological polar surface area (TPSA) is 68.9 Å². The number of rotatable bonds is 8. The molecule has 1 heterocycles. The van der Waals surface area contributed by atoms with Crippen molar-refractivity contribution in [2.75, 3.05) is 0 Å². The molecular weight excluding hydrogens is 370 g/mol. The van der Waals surface area contributed by atoms with E-state index >= 15 is 0 Å². The van der Waals surface area contributed by atoms with E-state index in [0.717, 1.165) is 56.0 Å².